The lowest BCUT2D eigenvalue weighted by Crippen LogP contribution is -2.37. The van der Waals surface area contributed by atoms with E-state index < -0.39 is 0 Å². The van der Waals surface area contributed by atoms with E-state index in [1.807, 2.05) is 0 Å². The van der Waals surface area contributed by atoms with E-state index in [0.717, 1.165) is 19.4 Å². The number of para-hydroxylation sites is 1. The van der Waals surface area contributed by atoms with Gasteiger partial charge in [0.15, 0.2) is 16.6 Å². The molecule has 1 atom stereocenters. The lowest BCUT2D eigenvalue weighted by atomic mass is 10.2. The van der Waals surface area contributed by atoms with Gasteiger partial charge in [0.25, 0.3) is 0 Å². The number of rotatable bonds is 5. The minimum absolute atomic E-state index is 0.0452. The van der Waals surface area contributed by atoms with Crippen LogP contribution in [-0.4, -0.2) is 42.8 Å². The van der Waals surface area contributed by atoms with Gasteiger partial charge < -0.3 is 19.9 Å². The Kier molecular flexibility index (Phi) is 5.77. The number of nitrogens with zero attached hydrogens (tertiary/aromatic N) is 1. The molecule has 2 rings (SSSR count). The Morgan fingerprint density at radius 2 is 2.48 bits per heavy atom. The number of hydrogen-bond donors (Lipinski definition) is 3. The zero-order valence-electron chi connectivity index (χ0n) is 11.8. The Bertz CT molecular complexity index is 516. The summed E-state index contributed by atoms with van der Waals surface area (Å²) in [6.07, 6.45) is 3.85. The first-order chi connectivity index (χ1) is 10.2. The fraction of sp³-hybridized carbons (Fsp3) is 0.429. The maximum absolute atomic E-state index is 9.89. The van der Waals surface area contributed by atoms with Gasteiger partial charge in [-0.2, -0.15) is 5.10 Å². The highest BCUT2D eigenvalue weighted by Crippen LogP contribution is 2.27. The average Bonchev–Trinajstić information content (AvgIpc) is 3.00. The number of nitrogens with one attached hydrogen (secondary N) is 2. The SMILES string of the molecule is COc1cccc(C=NNC(=S)NCC2CCCO2)c1O. The standard InChI is InChI=1S/C14H19N3O3S/c1-19-12-6-2-4-10(13(12)18)8-16-17-14(21)15-9-11-5-3-7-20-11/h2,4,6,8,11,18H,3,5,7,9H2,1H3,(H2,15,17,21). The third kappa shape index (κ3) is 4.57. The number of methoxy groups -OCH3 is 1. The van der Waals surface area contributed by atoms with Gasteiger partial charge in [0.05, 0.1) is 19.4 Å². The molecule has 6 nitrogen and oxygen atoms in total. The van der Waals surface area contributed by atoms with Gasteiger partial charge in [-0.25, -0.2) is 0 Å². The summed E-state index contributed by atoms with van der Waals surface area (Å²) in [5, 5.41) is 17.3. The molecule has 3 N–H and O–H groups in total. The number of thiocarbonyl (C=S) groups is 1. The fourth-order valence-electron chi connectivity index (χ4n) is 2.02. The van der Waals surface area contributed by atoms with E-state index in [2.05, 4.69) is 15.8 Å². The number of phenolic OH excluding ortho intramolecular Hbond substituents is 1. The number of hydrogen-bond acceptors (Lipinski definition) is 5. The highest BCUT2D eigenvalue weighted by Gasteiger charge is 2.15. The second-order valence-corrected chi connectivity index (χ2v) is 5.02. The zero-order valence-corrected chi connectivity index (χ0v) is 12.7. The predicted octanol–water partition coefficient (Wildman–Crippen LogP) is 1.38. The smallest absolute Gasteiger partial charge is 0.187 e. The predicted molar refractivity (Wildman–Crippen MR) is 85.0 cm³/mol. The van der Waals surface area contributed by atoms with Gasteiger partial charge in [-0.1, -0.05) is 6.07 Å². The molecular formula is C14H19N3O3S. The minimum Gasteiger partial charge on any atom is -0.504 e. The molecule has 0 aromatic heterocycles. The molecule has 0 spiro atoms. The first kappa shape index (κ1) is 15.5. The second-order valence-electron chi connectivity index (χ2n) is 4.61. The van der Waals surface area contributed by atoms with E-state index in [1.165, 1.54) is 13.3 Å². The van der Waals surface area contributed by atoms with Crippen LogP contribution < -0.4 is 15.5 Å². The van der Waals surface area contributed by atoms with Gasteiger partial charge >= 0.3 is 0 Å². The van der Waals surface area contributed by atoms with Crippen LogP contribution in [0.3, 0.4) is 0 Å². The molecule has 1 heterocycles. The van der Waals surface area contributed by atoms with Crippen LogP contribution in [0.15, 0.2) is 23.3 Å². The molecule has 114 valence electrons. The number of aromatic hydroxyl groups is 1. The summed E-state index contributed by atoms with van der Waals surface area (Å²) < 4.78 is 10.5. The number of phenols is 1. The van der Waals surface area contributed by atoms with Crippen LogP contribution in [0.1, 0.15) is 18.4 Å². The maximum atomic E-state index is 9.89. The van der Waals surface area contributed by atoms with E-state index >= 15 is 0 Å². The van der Waals surface area contributed by atoms with E-state index in [0.29, 0.717) is 23.0 Å². The number of benzene rings is 1. The summed E-state index contributed by atoms with van der Waals surface area (Å²) in [5.74, 6) is 0.446. The normalized spacial score (nSPS) is 17.9. The molecule has 1 fully saturated rings. The van der Waals surface area contributed by atoms with E-state index in [1.54, 1.807) is 18.2 Å². The monoisotopic (exact) mass is 309 g/mol. The quantitative estimate of drug-likeness (QED) is 0.433. The minimum atomic E-state index is 0.0452. The summed E-state index contributed by atoms with van der Waals surface area (Å²) in [6, 6.07) is 5.17. The van der Waals surface area contributed by atoms with Crippen LogP contribution in [0.5, 0.6) is 11.5 Å². The van der Waals surface area contributed by atoms with Crippen LogP contribution in [0.4, 0.5) is 0 Å². The van der Waals surface area contributed by atoms with Crippen molar-refractivity contribution < 1.29 is 14.6 Å². The van der Waals surface area contributed by atoms with Gasteiger partial charge in [-0.05, 0) is 37.2 Å². The first-order valence-electron chi connectivity index (χ1n) is 6.75. The van der Waals surface area contributed by atoms with Crippen molar-refractivity contribution >= 4 is 23.5 Å². The Morgan fingerprint density at radius 1 is 1.62 bits per heavy atom. The van der Waals surface area contributed by atoms with Crippen LogP contribution in [0, 0.1) is 0 Å². The summed E-state index contributed by atoms with van der Waals surface area (Å²) in [6.45, 7) is 1.49. The molecule has 1 unspecified atom stereocenters. The van der Waals surface area contributed by atoms with Crippen molar-refractivity contribution in [2.45, 2.75) is 18.9 Å². The summed E-state index contributed by atoms with van der Waals surface area (Å²) in [4.78, 5) is 0. The molecule has 0 aliphatic carbocycles. The Labute approximate surface area is 129 Å². The van der Waals surface area contributed by atoms with E-state index in [-0.39, 0.29) is 11.9 Å². The first-order valence-corrected chi connectivity index (χ1v) is 7.16. The maximum Gasteiger partial charge on any atom is 0.187 e. The molecular weight excluding hydrogens is 290 g/mol. The second kappa shape index (κ2) is 7.80. The van der Waals surface area contributed by atoms with Crippen LogP contribution in [-0.2, 0) is 4.74 Å². The van der Waals surface area contributed by atoms with Gasteiger partial charge in [0.2, 0.25) is 0 Å². The van der Waals surface area contributed by atoms with Gasteiger partial charge in [0.1, 0.15) is 0 Å². The van der Waals surface area contributed by atoms with E-state index in [4.69, 9.17) is 21.7 Å². The van der Waals surface area contributed by atoms with Crippen molar-refractivity contribution in [3.63, 3.8) is 0 Å². The largest absolute Gasteiger partial charge is 0.504 e. The third-order valence-corrected chi connectivity index (χ3v) is 3.37. The molecule has 1 saturated heterocycles. The van der Waals surface area contributed by atoms with Crippen molar-refractivity contribution in [2.24, 2.45) is 5.10 Å². The molecule has 1 aromatic rings. The molecule has 0 radical (unpaired) electrons. The lowest BCUT2D eigenvalue weighted by molar-refractivity contribution is 0.114. The van der Waals surface area contributed by atoms with Gasteiger partial charge in [-0.3, -0.25) is 5.43 Å². The van der Waals surface area contributed by atoms with Crippen LogP contribution in [0.2, 0.25) is 0 Å². The van der Waals surface area contributed by atoms with Crippen molar-refractivity contribution in [3.05, 3.63) is 23.8 Å². The van der Waals surface area contributed by atoms with Crippen molar-refractivity contribution in [2.75, 3.05) is 20.3 Å². The molecule has 1 aromatic carbocycles. The van der Waals surface area contributed by atoms with Crippen LogP contribution >= 0.6 is 12.2 Å². The summed E-state index contributed by atoms with van der Waals surface area (Å²) >= 11 is 5.11. The molecule has 1 aliphatic rings. The van der Waals surface area contributed by atoms with E-state index in [9.17, 15) is 5.11 Å². The summed E-state index contributed by atoms with van der Waals surface area (Å²) in [7, 11) is 1.50. The topological polar surface area (TPSA) is 75.1 Å². The molecule has 0 bridgehead atoms. The molecule has 1 aliphatic heterocycles. The Balaban J connectivity index is 1.80. The molecule has 21 heavy (non-hydrogen) atoms. The van der Waals surface area contributed by atoms with Gasteiger partial charge in [0, 0.05) is 18.7 Å². The van der Waals surface area contributed by atoms with Crippen molar-refractivity contribution in [3.8, 4) is 11.5 Å². The Hall–Kier alpha value is -1.86. The fourth-order valence-corrected chi connectivity index (χ4v) is 2.16. The van der Waals surface area contributed by atoms with Crippen molar-refractivity contribution in [1.82, 2.24) is 10.7 Å². The average molecular weight is 309 g/mol. The van der Waals surface area contributed by atoms with Gasteiger partial charge in [-0.15, -0.1) is 0 Å². The number of hydrazone groups is 1. The lowest BCUT2D eigenvalue weighted by Gasteiger charge is -2.11. The van der Waals surface area contributed by atoms with Crippen LogP contribution in [0.25, 0.3) is 0 Å². The number of ether oxygens (including phenoxy) is 2. The highest BCUT2D eigenvalue weighted by molar-refractivity contribution is 7.80. The molecule has 0 saturated carbocycles. The molecule has 7 heteroatoms. The Morgan fingerprint density at radius 3 is 3.19 bits per heavy atom. The zero-order chi connectivity index (χ0) is 15.1. The third-order valence-electron chi connectivity index (χ3n) is 3.13. The summed E-state index contributed by atoms with van der Waals surface area (Å²) in [5.41, 5.74) is 3.25. The molecule has 0 amide bonds. The van der Waals surface area contributed by atoms with Crippen molar-refractivity contribution in [1.29, 1.82) is 0 Å². The highest BCUT2D eigenvalue weighted by atomic mass is 32.1.